The molecule has 0 aliphatic heterocycles. The summed E-state index contributed by atoms with van der Waals surface area (Å²) in [6, 6.07) is 12.3. The van der Waals surface area contributed by atoms with E-state index in [9.17, 15) is 0 Å². The minimum absolute atomic E-state index is 1.03. The Hall–Kier alpha value is -1.83. The number of aromatic nitrogens is 1. The number of nitrogens with zero attached hydrogens (tertiary/aromatic N) is 1. The van der Waals surface area contributed by atoms with Crippen molar-refractivity contribution in [2.24, 2.45) is 4.99 Å². The van der Waals surface area contributed by atoms with Gasteiger partial charge in [0.05, 0.1) is 17.6 Å². The lowest BCUT2D eigenvalue weighted by Crippen LogP contribution is -1.85. The van der Waals surface area contributed by atoms with Gasteiger partial charge < -0.3 is 4.98 Å². The maximum Gasteiger partial charge on any atom is 0.0662 e. The molecule has 1 aromatic heterocycles. The summed E-state index contributed by atoms with van der Waals surface area (Å²) in [5.74, 6) is 0. The summed E-state index contributed by atoms with van der Waals surface area (Å²) in [5, 5.41) is 0. The first-order valence-electron chi connectivity index (χ1n) is 5.65. The molecule has 0 saturated heterocycles. The van der Waals surface area contributed by atoms with Crippen molar-refractivity contribution in [1.82, 2.24) is 4.98 Å². The van der Waals surface area contributed by atoms with Gasteiger partial charge in [-0.2, -0.15) is 0 Å². The number of para-hydroxylation sites is 1. The van der Waals surface area contributed by atoms with Crippen molar-refractivity contribution in [3.8, 4) is 0 Å². The number of hydrogen-bond donors (Lipinski definition) is 1. The minimum atomic E-state index is 1.03. The van der Waals surface area contributed by atoms with Gasteiger partial charge in [-0.3, -0.25) is 4.99 Å². The van der Waals surface area contributed by atoms with E-state index in [4.69, 9.17) is 0 Å². The van der Waals surface area contributed by atoms with Crippen molar-refractivity contribution in [1.29, 1.82) is 0 Å². The first kappa shape index (κ1) is 10.7. The van der Waals surface area contributed by atoms with E-state index in [1.807, 2.05) is 30.6 Å². The predicted octanol–water partition coefficient (Wildman–Crippen LogP) is 3.72. The molecule has 0 spiro atoms. The molecule has 0 amide bonds. The van der Waals surface area contributed by atoms with Crippen LogP contribution >= 0.6 is 0 Å². The van der Waals surface area contributed by atoms with E-state index in [2.05, 4.69) is 35.1 Å². The van der Waals surface area contributed by atoms with Crippen molar-refractivity contribution in [3.05, 3.63) is 53.9 Å². The summed E-state index contributed by atoms with van der Waals surface area (Å²) in [6.45, 7) is 2.19. The fourth-order valence-corrected chi connectivity index (χ4v) is 1.68. The number of aromatic amines is 1. The third-order valence-electron chi connectivity index (χ3n) is 2.48. The van der Waals surface area contributed by atoms with E-state index in [0.29, 0.717) is 0 Å². The summed E-state index contributed by atoms with van der Waals surface area (Å²) >= 11 is 0. The normalized spacial score (nSPS) is 11.1. The lowest BCUT2D eigenvalue weighted by Gasteiger charge is -2.02. The molecule has 2 rings (SSSR count). The monoisotopic (exact) mass is 212 g/mol. The van der Waals surface area contributed by atoms with Gasteiger partial charge in [0.2, 0.25) is 0 Å². The maximum absolute atomic E-state index is 4.51. The molecule has 82 valence electrons. The summed E-state index contributed by atoms with van der Waals surface area (Å²) < 4.78 is 0. The highest BCUT2D eigenvalue weighted by Gasteiger charge is 1.97. The van der Waals surface area contributed by atoms with Crippen molar-refractivity contribution in [2.45, 2.75) is 19.8 Å². The molecule has 0 bridgehead atoms. The van der Waals surface area contributed by atoms with E-state index in [1.165, 1.54) is 5.56 Å². The third kappa shape index (κ3) is 2.60. The Kier molecular flexibility index (Phi) is 3.54. The first-order chi connectivity index (χ1) is 7.90. The van der Waals surface area contributed by atoms with Crippen LogP contribution in [0.4, 0.5) is 5.69 Å². The Labute approximate surface area is 96.1 Å². The van der Waals surface area contributed by atoms with Gasteiger partial charge in [0.15, 0.2) is 0 Å². The number of H-pyrrole nitrogens is 1. The van der Waals surface area contributed by atoms with Gasteiger partial charge in [-0.15, -0.1) is 0 Å². The lowest BCUT2D eigenvalue weighted by molar-refractivity contribution is 0.922. The second-order valence-corrected chi connectivity index (χ2v) is 3.76. The highest BCUT2D eigenvalue weighted by atomic mass is 14.8. The molecule has 2 heteroatoms. The van der Waals surface area contributed by atoms with E-state index < -0.39 is 0 Å². The molecule has 0 aliphatic rings. The standard InChI is InChI=1S/C14H16N2/c1-2-6-12-7-3-4-9-14(12)16-11-13-8-5-10-15-13/h3-5,7-11,15H,2,6H2,1H3. The molecule has 1 aromatic carbocycles. The zero-order valence-electron chi connectivity index (χ0n) is 9.48. The Morgan fingerprint density at radius 2 is 2.06 bits per heavy atom. The van der Waals surface area contributed by atoms with Gasteiger partial charge in [-0.1, -0.05) is 31.5 Å². The molecule has 16 heavy (non-hydrogen) atoms. The predicted molar refractivity (Wildman–Crippen MR) is 68.5 cm³/mol. The number of aryl methyl sites for hydroxylation is 1. The van der Waals surface area contributed by atoms with Gasteiger partial charge in [0, 0.05) is 6.20 Å². The third-order valence-corrected chi connectivity index (χ3v) is 2.48. The molecular formula is C14H16N2. The van der Waals surface area contributed by atoms with Crippen LogP contribution in [0.15, 0.2) is 47.6 Å². The topological polar surface area (TPSA) is 28.1 Å². The molecule has 0 aliphatic carbocycles. The zero-order valence-corrected chi connectivity index (χ0v) is 9.48. The van der Waals surface area contributed by atoms with Crippen LogP contribution in [0, 0.1) is 0 Å². The smallest absolute Gasteiger partial charge is 0.0662 e. The van der Waals surface area contributed by atoms with Crippen LogP contribution in [0.3, 0.4) is 0 Å². The quantitative estimate of drug-likeness (QED) is 0.748. The van der Waals surface area contributed by atoms with E-state index >= 15 is 0 Å². The summed E-state index contributed by atoms with van der Waals surface area (Å²) in [6.07, 6.45) is 6.00. The Morgan fingerprint density at radius 3 is 2.81 bits per heavy atom. The van der Waals surface area contributed by atoms with Crippen LogP contribution in [0.2, 0.25) is 0 Å². The molecule has 0 fully saturated rings. The fraction of sp³-hybridized carbons (Fsp3) is 0.214. The van der Waals surface area contributed by atoms with Gasteiger partial charge in [0.25, 0.3) is 0 Å². The van der Waals surface area contributed by atoms with Crippen molar-refractivity contribution >= 4 is 11.9 Å². The number of hydrogen-bond acceptors (Lipinski definition) is 1. The molecule has 1 heterocycles. The molecule has 2 nitrogen and oxygen atoms in total. The van der Waals surface area contributed by atoms with E-state index in [0.717, 1.165) is 24.2 Å². The number of benzene rings is 1. The van der Waals surface area contributed by atoms with Crippen LogP contribution in [0.25, 0.3) is 0 Å². The van der Waals surface area contributed by atoms with E-state index in [1.54, 1.807) is 0 Å². The molecule has 2 aromatic rings. The Balaban J connectivity index is 2.20. The minimum Gasteiger partial charge on any atom is -0.360 e. The average Bonchev–Trinajstić information content (AvgIpc) is 2.81. The summed E-state index contributed by atoms with van der Waals surface area (Å²) in [7, 11) is 0. The largest absolute Gasteiger partial charge is 0.360 e. The molecular weight excluding hydrogens is 196 g/mol. The van der Waals surface area contributed by atoms with Crippen LogP contribution < -0.4 is 0 Å². The molecule has 0 saturated carbocycles. The van der Waals surface area contributed by atoms with Gasteiger partial charge >= 0.3 is 0 Å². The molecule has 0 unspecified atom stereocenters. The Bertz CT molecular complexity index is 455. The fourth-order valence-electron chi connectivity index (χ4n) is 1.68. The van der Waals surface area contributed by atoms with Gasteiger partial charge in [-0.05, 0) is 30.2 Å². The van der Waals surface area contributed by atoms with Crippen molar-refractivity contribution in [2.75, 3.05) is 0 Å². The molecule has 1 N–H and O–H groups in total. The van der Waals surface area contributed by atoms with Gasteiger partial charge in [0.1, 0.15) is 0 Å². The lowest BCUT2D eigenvalue weighted by atomic mass is 10.1. The second kappa shape index (κ2) is 5.31. The summed E-state index contributed by atoms with van der Waals surface area (Å²) in [4.78, 5) is 7.62. The number of rotatable bonds is 4. The molecule has 0 atom stereocenters. The van der Waals surface area contributed by atoms with E-state index in [-0.39, 0.29) is 0 Å². The van der Waals surface area contributed by atoms with Crippen LogP contribution in [0.1, 0.15) is 24.6 Å². The maximum atomic E-state index is 4.51. The van der Waals surface area contributed by atoms with Gasteiger partial charge in [-0.25, -0.2) is 0 Å². The van der Waals surface area contributed by atoms with Crippen molar-refractivity contribution < 1.29 is 0 Å². The zero-order chi connectivity index (χ0) is 11.2. The summed E-state index contributed by atoms with van der Waals surface area (Å²) in [5.41, 5.74) is 3.41. The highest BCUT2D eigenvalue weighted by molar-refractivity contribution is 5.80. The van der Waals surface area contributed by atoms with Crippen LogP contribution in [-0.2, 0) is 6.42 Å². The second-order valence-electron chi connectivity index (χ2n) is 3.76. The molecule has 0 radical (unpaired) electrons. The Morgan fingerprint density at radius 1 is 1.19 bits per heavy atom. The number of nitrogens with one attached hydrogen (secondary N) is 1. The highest BCUT2D eigenvalue weighted by Crippen LogP contribution is 2.19. The van der Waals surface area contributed by atoms with Crippen LogP contribution in [-0.4, -0.2) is 11.2 Å². The SMILES string of the molecule is CCCc1ccccc1N=Cc1ccc[nH]1. The average molecular weight is 212 g/mol. The number of aliphatic imine (C=N–C) groups is 1. The van der Waals surface area contributed by atoms with Crippen molar-refractivity contribution in [3.63, 3.8) is 0 Å². The first-order valence-corrected chi connectivity index (χ1v) is 5.65. The van der Waals surface area contributed by atoms with Crippen LogP contribution in [0.5, 0.6) is 0 Å².